The van der Waals surface area contributed by atoms with Crippen LogP contribution in [0.5, 0.6) is 5.88 Å². The quantitative estimate of drug-likeness (QED) is 0.568. The second-order valence-electron chi connectivity index (χ2n) is 8.78. The van der Waals surface area contributed by atoms with E-state index in [1.807, 2.05) is 36.7 Å². The lowest BCUT2D eigenvalue weighted by atomic mass is 10.0. The monoisotopic (exact) mass is 480 g/mol. The van der Waals surface area contributed by atoms with Crippen molar-refractivity contribution in [2.75, 3.05) is 41.5 Å². The van der Waals surface area contributed by atoms with E-state index in [1.165, 1.54) is 6.26 Å². The van der Waals surface area contributed by atoms with Gasteiger partial charge in [-0.15, -0.1) is 0 Å². The molecule has 0 saturated heterocycles. The number of nitrogens with zero attached hydrogens (tertiary/aromatic N) is 4. The van der Waals surface area contributed by atoms with E-state index >= 15 is 0 Å². The number of sulfone groups is 1. The summed E-state index contributed by atoms with van der Waals surface area (Å²) in [5.41, 5.74) is 6.85. The summed E-state index contributed by atoms with van der Waals surface area (Å²) < 4.78 is 29.3. The summed E-state index contributed by atoms with van der Waals surface area (Å²) in [6, 6.07) is 7.34. The van der Waals surface area contributed by atoms with Gasteiger partial charge in [-0.1, -0.05) is 12.1 Å². The Balaban J connectivity index is 1.34. The van der Waals surface area contributed by atoms with Gasteiger partial charge >= 0.3 is 0 Å². The normalized spacial score (nSPS) is 16.0. The summed E-state index contributed by atoms with van der Waals surface area (Å²) in [4.78, 5) is 16.1. The molecule has 0 spiro atoms. The van der Waals surface area contributed by atoms with E-state index < -0.39 is 15.1 Å². The van der Waals surface area contributed by atoms with Crippen LogP contribution in [0, 0.1) is 6.92 Å². The van der Waals surface area contributed by atoms with Crippen LogP contribution in [-0.2, 0) is 22.8 Å². The Bertz CT molecular complexity index is 1330. The predicted molar refractivity (Wildman–Crippen MR) is 133 cm³/mol. The maximum absolute atomic E-state index is 11.8. The van der Waals surface area contributed by atoms with Crippen LogP contribution in [0.4, 0.5) is 23.0 Å². The van der Waals surface area contributed by atoms with Crippen molar-refractivity contribution in [2.45, 2.75) is 32.1 Å². The zero-order valence-electron chi connectivity index (χ0n) is 19.5. The minimum Gasteiger partial charge on any atom is -0.474 e. The third kappa shape index (κ3) is 4.37. The van der Waals surface area contributed by atoms with Gasteiger partial charge in [0.25, 0.3) is 0 Å². The maximum atomic E-state index is 11.8. The van der Waals surface area contributed by atoms with E-state index in [-0.39, 0.29) is 0 Å². The third-order valence-electron chi connectivity index (χ3n) is 6.48. The van der Waals surface area contributed by atoms with Crippen LogP contribution in [0.25, 0.3) is 0 Å². The van der Waals surface area contributed by atoms with Gasteiger partial charge in [-0.05, 0) is 43.5 Å². The Morgan fingerprint density at radius 1 is 1.18 bits per heavy atom. The van der Waals surface area contributed by atoms with E-state index in [0.717, 1.165) is 59.0 Å². The lowest BCUT2D eigenvalue weighted by molar-refractivity contribution is 0.310. The van der Waals surface area contributed by atoms with Crippen LogP contribution in [-0.4, -0.2) is 49.3 Å². The van der Waals surface area contributed by atoms with Crippen LogP contribution in [0.15, 0.2) is 36.7 Å². The number of aromatic nitrogens is 3. The molecule has 2 aliphatic rings. The number of benzene rings is 1. The average Bonchev–Trinajstić information content (AvgIpc) is 2.83. The molecule has 2 N–H and O–H groups in total. The first-order chi connectivity index (χ1) is 16.3. The number of fused-ring (bicyclic) bond motifs is 2. The van der Waals surface area contributed by atoms with Crippen molar-refractivity contribution in [3.05, 3.63) is 59.0 Å². The highest BCUT2D eigenvalue weighted by molar-refractivity contribution is 7.90. The van der Waals surface area contributed by atoms with Gasteiger partial charge in [0.15, 0.2) is 9.84 Å². The van der Waals surface area contributed by atoms with E-state index in [2.05, 4.69) is 32.4 Å². The summed E-state index contributed by atoms with van der Waals surface area (Å²) in [5, 5.41) is 6.09. The Morgan fingerprint density at radius 3 is 2.74 bits per heavy atom. The van der Waals surface area contributed by atoms with Crippen LogP contribution < -0.4 is 20.3 Å². The standard InChI is InChI=1S/C24H28N6O3S/c1-15-21(13-26-23-22(15)25-9-11-33-23)30-10-8-18-12-27-24(29-20(18)14-30)28-19-6-4-17(5-7-19)16(2)34(3,31)32/h4-7,12-13,16,25H,8-11,14H2,1-3H3,(H,27,28,29)/t16-/m0/s1. The molecule has 3 aromatic rings. The molecule has 1 aromatic carbocycles. The summed E-state index contributed by atoms with van der Waals surface area (Å²) in [6.07, 6.45) is 5.87. The Morgan fingerprint density at radius 2 is 1.97 bits per heavy atom. The Hall–Kier alpha value is -3.40. The molecule has 5 rings (SSSR count). The van der Waals surface area contributed by atoms with Crippen molar-refractivity contribution in [1.82, 2.24) is 15.0 Å². The SMILES string of the molecule is Cc1c(N2CCc3cnc(Nc4ccc([C@H](C)S(C)(=O)=O)cc4)nc3C2)cnc2c1NCCO2. The molecule has 2 aliphatic heterocycles. The molecular weight excluding hydrogens is 452 g/mol. The van der Waals surface area contributed by atoms with Crippen molar-refractivity contribution in [1.29, 1.82) is 0 Å². The number of rotatable bonds is 5. The van der Waals surface area contributed by atoms with Gasteiger partial charge in [0, 0.05) is 36.8 Å². The van der Waals surface area contributed by atoms with Gasteiger partial charge in [-0.3, -0.25) is 0 Å². The summed E-state index contributed by atoms with van der Waals surface area (Å²) in [5.74, 6) is 1.18. The second-order valence-corrected chi connectivity index (χ2v) is 11.1. The first-order valence-electron chi connectivity index (χ1n) is 11.3. The van der Waals surface area contributed by atoms with E-state index in [9.17, 15) is 8.42 Å². The molecule has 0 amide bonds. The third-order valence-corrected chi connectivity index (χ3v) is 8.04. The molecule has 2 aromatic heterocycles. The average molecular weight is 481 g/mol. The Labute approximate surface area is 199 Å². The molecule has 10 heteroatoms. The smallest absolute Gasteiger partial charge is 0.237 e. The molecule has 0 bridgehead atoms. The van der Waals surface area contributed by atoms with Gasteiger partial charge in [-0.25, -0.2) is 23.4 Å². The zero-order chi connectivity index (χ0) is 23.9. The van der Waals surface area contributed by atoms with E-state index in [0.29, 0.717) is 25.0 Å². The van der Waals surface area contributed by atoms with Gasteiger partial charge in [-0.2, -0.15) is 0 Å². The van der Waals surface area contributed by atoms with Crippen LogP contribution in [0.2, 0.25) is 0 Å². The fraction of sp³-hybridized carbons (Fsp3) is 0.375. The molecule has 0 fully saturated rings. The highest BCUT2D eigenvalue weighted by atomic mass is 32.2. The molecule has 4 heterocycles. The number of hydrogen-bond donors (Lipinski definition) is 2. The highest BCUT2D eigenvalue weighted by Gasteiger charge is 2.24. The van der Waals surface area contributed by atoms with Gasteiger partial charge in [0.2, 0.25) is 11.8 Å². The minimum absolute atomic E-state index is 0.514. The molecular formula is C24H28N6O3S. The molecule has 1 atom stereocenters. The number of ether oxygens (including phenoxy) is 1. The zero-order valence-corrected chi connectivity index (χ0v) is 20.3. The number of nitrogens with one attached hydrogen (secondary N) is 2. The van der Waals surface area contributed by atoms with Crippen molar-refractivity contribution >= 4 is 32.8 Å². The van der Waals surface area contributed by atoms with Gasteiger partial charge < -0.3 is 20.3 Å². The number of anilines is 4. The van der Waals surface area contributed by atoms with Crippen molar-refractivity contribution in [3.8, 4) is 5.88 Å². The van der Waals surface area contributed by atoms with Crippen LogP contribution in [0.1, 0.15) is 34.6 Å². The molecule has 0 radical (unpaired) electrons. The molecule has 0 saturated carbocycles. The summed E-state index contributed by atoms with van der Waals surface area (Å²) in [7, 11) is -3.14. The first-order valence-corrected chi connectivity index (χ1v) is 13.3. The molecule has 0 aliphatic carbocycles. The molecule has 34 heavy (non-hydrogen) atoms. The maximum Gasteiger partial charge on any atom is 0.237 e. The summed E-state index contributed by atoms with van der Waals surface area (Å²) >= 11 is 0. The van der Waals surface area contributed by atoms with Crippen LogP contribution in [0.3, 0.4) is 0 Å². The second kappa shape index (κ2) is 8.75. The number of hydrogen-bond acceptors (Lipinski definition) is 9. The van der Waals surface area contributed by atoms with Crippen LogP contribution >= 0.6 is 0 Å². The molecule has 9 nitrogen and oxygen atoms in total. The van der Waals surface area contributed by atoms with Crippen molar-refractivity contribution < 1.29 is 13.2 Å². The lowest BCUT2D eigenvalue weighted by Gasteiger charge is -2.32. The predicted octanol–water partition coefficient (Wildman–Crippen LogP) is 3.40. The summed E-state index contributed by atoms with van der Waals surface area (Å²) in [6.45, 7) is 6.72. The van der Waals surface area contributed by atoms with E-state index in [4.69, 9.17) is 9.72 Å². The largest absolute Gasteiger partial charge is 0.474 e. The lowest BCUT2D eigenvalue weighted by Crippen LogP contribution is -2.32. The van der Waals surface area contributed by atoms with Crippen molar-refractivity contribution in [2.24, 2.45) is 0 Å². The first kappa shape index (κ1) is 22.4. The Kier molecular flexibility index (Phi) is 5.76. The van der Waals surface area contributed by atoms with Gasteiger partial charge in [0.1, 0.15) is 12.3 Å². The highest BCUT2D eigenvalue weighted by Crippen LogP contribution is 2.36. The molecule has 178 valence electrons. The fourth-order valence-electron chi connectivity index (χ4n) is 4.31. The van der Waals surface area contributed by atoms with E-state index in [1.54, 1.807) is 6.92 Å². The van der Waals surface area contributed by atoms with Crippen molar-refractivity contribution in [3.63, 3.8) is 0 Å². The minimum atomic E-state index is -3.14. The topological polar surface area (TPSA) is 109 Å². The molecule has 0 unspecified atom stereocenters. The number of pyridine rings is 1. The van der Waals surface area contributed by atoms with Gasteiger partial charge in [0.05, 0.1) is 29.4 Å². The fourth-order valence-corrected chi connectivity index (χ4v) is 4.96.